The third kappa shape index (κ3) is 9.51. The Bertz CT molecular complexity index is 1460. The molecule has 4 rings (SSSR count). The van der Waals surface area contributed by atoms with Gasteiger partial charge in [0.1, 0.15) is 17.8 Å². The molecule has 0 fully saturated rings. The number of rotatable bonds is 14. The summed E-state index contributed by atoms with van der Waals surface area (Å²) >= 11 is 0. The first-order valence-corrected chi connectivity index (χ1v) is 14.3. The van der Waals surface area contributed by atoms with Gasteiger partial charge in [0.15, 0.2) is 0 Å². The number of carbonyl (C=O) groups is 3. The Morgan fingerprint density at radius 3 is 2.00 bits per heavy atom. The lowest BCUT2D eigenvalue weighted by Gasteiger charge is -2.24. The van der Waals surface area contributed by atoms with Crippen molar-refractivity contribution in [2.45, 2.75) is 44.9 Å². The van der Waals surface area contributed by atoms with Gasteiger partial charge >= 0.3 is 0 Å². The van der Waals surface area contributed by atoms with Gasteiger partial charge in [-0.15, -0.1) is 0 Å². The van der Waals surface area contributed by atoms with Crippen LogP contribution < -0.4 is 26.4 Å². The van der Waals surface area contributed by atoms with Crippen LogP contribution in [0.5, 0.6) is 5.75 Å². The van der Waals surface area contributed by atoms with Crippen LogP contribution in [0.2, 0.25) is 0 Å². The van der Waals surface area contributed by atoms with Crippen molar-refractivity contribution in [3.05, 3.63) is 131 Å². The van der Waals surface area contributed by atoms with Crippen LogP contribution in [0.3, 0.4) is 0 Å². The lowest BCUT2D eigenvalue weighted by Crippen LogP contribution is -2.55. The van der Waals surface area contributed by atoms with E-state index < -0.39 is 23.9 Å². The Hall–Kier alpha value is -5.02. The van der Waals surface area contributed by atoms with E-state index in [2.05, 4.69) is 20.9 Å². The highest BCUT2D eigenvalue weighted by molar-refractivity contribution is 5.98. The molecule has 0 bridgehead atoms. The number of hydrogen-bond acceptors (Lipinski definition) is 6. The van der Waals surface area contributed by atoms with Gasteiger partial charge in [0.05, 0.1) is 12.2 Å². The third-order valence-corrected chi connectivity index (χ3v) is 6.86. The number of hydrogen-bond donors (Lipinski definition) is 4. The second-order valence-corrected chi connectivity index (χ2v) is 10.0. The Morgan fingerprint density at radius 1 is 0.744 bits per heavy atom. The van der Waals surface area contributed by atoms with Crippen LogP contribution in [-0.2, 0) is 35.5 Å². The van der Waals surface area contributed by atoms with Gasteiger partial charge in [0, 0.05) is 38.3 Å². The molecule has 0 saturated carbocycles. The predicted octanol–water partition coefficient (Wildman–Crippen LogP) is 3.32. The molecule has 2 atom stereocenters. The first-order chi connectivity index (χ1) is 20.9. The number of amides is 3. The van der Waals surface area contributed by atoms with Crippen molar-refractivity contribution in [2.24, 2.45) is 5.73 Å². The van der Waals surface area contributed by atoms with Gasteiger partial charge < -0.3 is 26.4 Å². The summed E-state index contributed by atoms with van der Waals surface area (Å²) in [5, 5.41) is 8.68. The van der Waals surface area contributed by atoms with Crippen LogP contribution in [0.1, 0.15) is 39.5 Å². The van der Waals surface area contributed by atoms with Gasteiger partial charge in [-0.25, -0.2) is 0 Å². The van der Waals surface area contributed by atoms with Gasteiger partial charge in [-0.3, -0.25) is 19.4 Å². The fourth-order valence-electron chi connectivity index (χ4n) is 4.51. The van der Waals surface area contributed by atoms with Gasteiger partial charge in [-0.2, -0.15) is 0 Å². The minimum atomic E-state index is -0.958. The first-order valence-electron chi connectivity index (χ1n) is 14.3. The Balaban J connectivity index is 1.53. The molecule has 0 aliphatic heterocycles. The average Bonchev–Trinajstić information content (AvgIpc) is 3.05. The average molecular weight is 580 g/mol. The van der Waals surface area contributed by atoms with Crippen molar-refractivity contribution in [2.75, 3.05) is 6.61 Å². The summed E-state index contributed by atoms with van der Waals surface area (Å²) in [6.07, 6.45) is 3.49. The molecule has 3 aromatic carbocycles. The molecule has 0 saturated heterocycles. The zero-order valence-electron chi connectivity index (χ0n) is 24.2. The van der Waals surface area contributed by atoms with Crippen LogP contribution in [0.15, 0.2) is 103 Å². The number of aromatic nitrogens is 1. The van der Waals surface area contributed by atoms with E-state index in [1.165, 1.54) is 6.20 Å². The Labute approximate surface area is 251 Å². The van der Waals surface area contributed by atoms with Crippen molar-refractivity contribution in [3.8, 4) is 5.75 Å². The minimum absolute atomic E-state index is 0.206. The summed E-state index contributed by atoms with van der Waals surface area (Å²) in [5.74, 6) is -0.541. The molecular formula is C34H37N5O4. The summed E-state index contributed by atoms with van der Waals surface area (Å²) < 4.78 is 5.53. The number of nitrogens with two attached hydrogens (primary N) is 1. The van der Waals surface area contributed by atoms with E-state index in [1.54, 1.807) is 18.3 Å². The highest BCUT2D eigenvalue weighted by Gasteiger charge is 2.28. The molecule has 222 valence electrons. The van der Waals surface area contributed by atoms with Crippen molar-refractivity contribution in [1.29, 1.82) is 0 Å². The van der Waals surface area contributed by atoms with Gasteiger partial charge in [0.2, 0.25) is 11.8 Å². The van der Waals surface area contributed by atoms with Crippen molar-refractivity contribution in [1.82, 2.24) is 20.9 Å². The molecule has 0 spiro atoms. The maximum atomic E-state index is 13.8. The van der Waals surface area contributed by atoms with Gasteiger partial charge in [-0.05, 0) is 53.4 Å². The van der Waals surface area contributed by atoms with Crippen LogP contribution in [0, 0.1) is 0 Å². The summed E-state index contributed by atoms with van der Waals surface area (Å²) in [4.78, 5) is 44.3. The second kappa shape index (κ2) is 15.8. The van der Waals surface area contributed by atoms with E-state index in [-0.39, 0.29) is 25.3 Å². The molecule has 0 radical (unpaired) electrons. The highest BCUT2D eigenvalue weighted by atomic mass is 16.5. The molecule has 3 amide bonds. The first kappa shape index (κ1) is 30.9. The van der Waals surface area contributed by atoms with E-state index in [0.717, 1.165) is 22.3 Å². The molecule has 4 aromatic rings. The van der Waals surface area contributed by atoms with Gasteiger partial charge in [-0.1, -0.05) is 66.7 Å². The maximum Gasteiger partial charge on any atom is 0.253 e. The van der Waals surface area contributed by atoms with Crippen molar-refractivity contribution in [3.63, 3.8) is 0 Å². The SMILES string of the molecule is CCOc1ccc(C[C@@H](NC(=O)c2cccnc2)C(=O)N[C@@H](Cc2ccccc2)C(=O)NCc2ccc(CN)cc2)cc1. The topological polar surface area (TPSA) is 135 Å². The lowest BCUT2D eigenvalue weighted by atomic mass is 10.0. The Kier molecular flexibility index (Phi) is 11.4. The highest BCUT2D eigenvalue weighted by Crippen LogP contribution is 2.14. The monoisotopic (exact) mass is 579 g/mol. The van der Waals surface area contributed by atoms with Crippen LogP contribution >= 0.6 is 0 Å². The number of ether oxygens (including phenoxy) is 1. The molecule has 0 aliphatic rings. The predicted molar refractivity (Wildman–Crippen MR) is 165 cm³/mol. The van der Waals surface area contributed by atoms with Crippen molar-refractivity contribution >= 4 is 17.7 Å². The summed E-state index contributed by atoms with van der Waals surface area (Å²) in [5.41, 5.74) is 9.63. The molecular weight excluding hydrogens is 542 g/mol. The normalized spacial score (nSPS) is 12.0. The second-order valence-electron chi connectivity index (χ2n) is 10.0. The molecule has 9 heteroatoms. The molecule has 9 nitrogen and oxygen atoms in total. The number of nitrogens with one attached hydrogen (secondary N) is 3. The van der Waals surface area contributed by atoms with E-state index >= 15 is 0 Å². The van der Waals surface area contributed by atoms with E-state index in [1.807, 2.05) is 85.8 Å². The molecule has 0 unspecified atom stereocenters. The summed E-state index contributed by atoms with van der Waals surface area (Å²) in [6, 6.07) is 25.9. The smallest absolute Gasteiger partial charge is 0.253 e. The van der Waals surface area contributed by atoms with Crippen LogP contribution in [0.25, 0.3) is 0 Å². The number of carbonyl (C=O) groups excluding carboxylic acids is 3. The fourth-order valence-corrected chi connectivity index (χ4v) is 4.51. The van der Waals surface area contributed by atoms with E-state index in [0.29, 0.717) is 24.5 Å². The van der Waals surface area contributed by atoms with E-state index in [4.69, 9.17) is 10.5 Å². The quantitative estimate of drug-likeness (QED) is 0.181. The third-order valence-electron chi connectivity index (χ3n) is 6.86. The molecule has 0 aliphatic carbocycles. The summed E-state index contributed by atoms with van der Waals surface area (Å²) in [6.45, 7) is 3.17. The van der Waals surface area contributed by atoms with Crippen molar-refractivity contribution < 1.29 is 19.1 Å². The number of benzene rings is 3. The van der Waals surface area contributed by atoms with Gasteiger partial charge in [0.25, 0.3) is 5.91 Å². The largest absolute Gasteiger partial charge is 0.494 e. The summed E-state index contributed by atoms with van der Waals surface area (Å²) in [7, 11) is 0. The number of pyridine rings is 1. The molecule has 5 N–H and O–H groups in total. The lowest BCUT2D eigenvalue weighted by molar-refractivity contribution is -0.130. The minimum Gasteiger partial charge on any atom is -0.494 e. The van der Waals surface area contributed by atoms with Crippen LogP contribution in [0.4, 0.5) is 0 Å². The standard InChI is InChI=1S/C34H37N5O4/c1-2-43-29-16-14-25(15-17-29)20-31(38-32(40)28-9-6-18-36-23-28)34(42)39-30(19-24-7-4-3-5-8-24)33(41)37-22-27-12-10-26(21-35)11-13-27/h3-18,23,30-31H,2,19-22,35H2,1H3,(H,37,41)(H,38,40)(H,39,42)/t30-,31+/m0/s1. The van der Waals surface area contributed by atoms with E-state index in [9.17, 15) is 14.4 Å². The fraction of sp³-hybridized carbons (Fsp3) is 0.235. The molecule has 1 aromatic heterocycles. The zero-order chi connectivity index (χ0) is 30.4. The number of nitrogens with zero attached hydrogens (tertiary/aromatic N) is 1. The molecule has 43 heavy (non-hydrogen) atoms. The maximum absolute atomic E-state index is 13.8. The van der Waals surface area contributed by atoms with Crippen LogP contribution in [-0.4, -0.2) is 41.4 Å². The molecule has 1 heterocycles. The Morgan fingerprint density at radius 2 is 1.37 bits per heavy atom. The zero-order valence-corrected chi connectivity index (χ0v) is 24.2.